The van der Waals surface area contributed by atoms with Gasteiger partial charge in [0.25, 0.3) is 0 Å². The number of benzene rings is 1. The van der Waals surface area contributed by atoms with Gasteiger partial charge in [-0.15, -0.1) is 0 Å². The Bertz CT molecular complexity index is 657. The highest BCUT2D eigenvalue weighted by Gasteiger charge is 2.53. The van der Waals surface area contributed by atoms with Gasteiger partial charge >= 0.3 is 5.97 Å². The summed E-state index contributed by atoms with van der Waals surface area (Å²) in [4.78, 5) is 37.4. The third-order valence-electron chi connectivity index (χ3n) is 4.19. The van der Waals surface area contributed by atoms with E-state index in [0.717, 1.165) is 10.2 Å². The topological polar surface area (TPSA) is 86.7 Å². The molecule has 1 aromatic rings. The lowest BCUT2D eigenvalue weighted by atomic mass is 10.1. The van der Waals surface area contributed by atoms with Crippen LogP contribution in [0.25, 0.3) is 0 Å². The number of carbonyl (C=O) groups excluding carboxylic acids is 2. The Labute approximate surface area is 135 Å². The van der Waals surface area contributed by atoms with Crippen LogP contribution >= 0.6 is 15.9 Å². The first-order valence-corrected chi connectivity index (χ1v) is 7.85. The van der Waals surface area contributed by atoms with E-state index in [1.807, 2.05) is 24.3 Å². The molecule has 0 radical (unpaired) electrons. The van der Waals surface area contributed by atoms with Gasteiger partial charge in [-0.05, 0) is 47.3 Å². The second kappa shape index (κ2) is 5.39. The summed E-state index contributed by atoms with van der Waals surface area (Å²) in [7, 11) is 0. The fourth-order valence-corrected chi connectivity index (χ4v) is 3.17. The van der Waals surface area contributed by atoms with Gasteiger partial charge in [-0.1, -0.05) is 12.1 Å². The predicted octanol–water partition coefficient (Wildman–Crippen LogP) is 1.54. The number of carboxylic acids is 1. The van der Waals surface area contributed by atoms with Crippen molar-refractivity contribution in [2.75, 3.05) is 11.4 Å². The van der Waals surface area contributed by atoms with Crippen molar-refractivity contribution in [1.29, 1.82) is 0 Å². The van der Waals surface area contributed by atoms with E-state index < -0.39 is 23.3 Å². The number of carboxylic acid groups (broad SMARTS) is 1. The first kappa shape index (κ1) is 15.0. The summed E-state index contributed by atoms with van der Waals surface area (Å²) in [5.74, 6) is -2.62. The Morgan fingerprint density at radius 1 is 1.32 bits per heavy atom. The molecule has 0 bridgehead atoms. The van der Waals surface area contributed by atoms with Crippen molar-refractivity contribution in [2.24, 2.45) is 5.92 Å². The largest absolute Gasteiger partial charge is 0.480 e. The summed E-state index contributed by atoms with van der Waals surface area (Å²) >= 11 is 3.40. The highest BCUT2D eigenvalue weighted by Crippen LogP contribution is 2.37. The molecule has 0 aromatic heterocycles. The van der Waals surface area contributed by atoms with Gasteiger partial charge in [0, 0.05) is 11.0 Å². The van der Waals surface area contributed by atoms with Crippen molar-refractivity contribution in [3.8, 4) is 0 Å². The molecule has 2 N–H and O–H groups in total. The number of aliphatic carboxylic acids is 1. The molecule has 2 aliphatic rings. The van der Waals surface area contributed by atoms with Gasteiger partial charge in [-0.2, -0.15) is 0 Å². The maximum atomic E-state index is 12.5. The van der Waals surface area contributed by atoms with Crippen LogP contribution in [-0.2, 0) is 14.4 Å². The van der Waals surface area contributed by atoms with E-state index in [4.69, 9.17) is 5.11 Å². The second-order valence-corrected chi connectivity index (χ2v) is 6.51. The molecule has 3 rings (SSSR count). The Hall–Kier alpha value is -1.89. The third kappa shape index (κ3) is 2.49. The minimum atomic E-state index is -1.15. The van der Waals surface area contributed by atoms with E-state index >= 15 is 0 Å². The maximum absolute atomic E-state index is 12.5. The fraction of sp³-hybridized carbons (Fsp3) is 0.400. The zero-order valence-corrected chi connectivity index (χ0v) is 13.3. The molecule has 1 heterocycles. The van der Waals surface area contributed by atoms with Gasteiger partial charge < -0.3 is 15.3 Å². The van der Waals surface area contributed by atoms with Gasteiger partial charge in [0.15, 0.2) is 0 Å². The molecular formula is C15H15BrN2O4. The Morgan fingerprint density at radius 2 is 2.00 bits per heavy atom. The van der Waals surface area contributed by atoms with Crippen LogP contribution in [0.5, 0.6) is 0 Å². The van der Waals surface area contributed by atoms with Crippen molar-refractivity contribution >= 4 is 39.4 Å². The molecule has 7 heteroatoms. The Balaban J connectivity index is 1.73. The van der Waals surface area contributed by atoms with Crippen LogP contribution in [0.4, 0.5) is 5.69 Å². The van der Waals surface area contributed by atoms with Crippen molar-refractivity contribution in [3.05, 3.63) is 28.7 Å². The summed E-state index contributed by atoms with van der Waals surface area (Å²) in [5, 5.41) is 11.6. The van der Waals surface area contributed by atoms with Crippen LogP contribution in [-0.4, -0.2) is 35.0 Å². The first-order valence-electron chi connectivity index (χ1n) is 7.06. The molecule has 6 nitrogen and oxygen atoms in total. The SMILES string of the molecule is O=C(NC1(C(=O)O)CC1)C1CCN(c2ccccc2Br)C1=O. The van der Waals surface area contributed by atoms with E-state index in [0.29, 0.717) is 25.8 Å². The van der Waals surface area contributed by atoms with Gasteiger partial charge in [0.1, 0.15) is 11.5 Å². The smallest absolute Gasteiger partial charge is 0.329 e. The van der Waals surface area contributed by atoms with E-state index in [2.05, 4.69) is 21.2 Å². The standard InChI is InChI=1S/C15H15BrN2O4/c16-10-3-1-2-4-11(10)18-8-5-9(13(18)20)12(19)17-15(6-7-15)14(21)22/h1-4,9H,5-8H2,(H,17,19)(H,21,22). The van der Waals surface area contributed by atoms with Crippen molar-refractivity contribution in [2.45, 2.75) is 24.8 Å². The number of hydrogen-bond donors (Lipinski definition) is 2. The molecule has 1 saturated heterocycles. The van der Waals surface area contributed by atoms with Crippen LogP contribution in [0.3, 0.4) is 0 Å². The normalized spacial score (nSPS) is 22.5. The summed E-state index contributed by atoms with van der Waals surface area (Å²) in [6.45, 7) is 0.444. The Kier molecular flexibility index (Phi) is 3.68. The van der Waals surface area contributed by atoms with Crippen LogP contribution in [0.15, 0.2) is 28.7 Å². The third-order valence-corrected chi connectivity index (χ3v) is 4.86. The van der Waals surface area contributed by atoms with Crippen molar-refractivity contribution in [3.63, 3.8) is 0 Å². The number of nitrogens with one attached hydrogen (secondary N) is 1. The molecule has 1 unspecified atom stereocenters. The van der Waals surface area contributed by atoms with E-state index in [1.165, 1.54) is 0 Å². The fourth-order valence-electron chi connectivity index (χ4n) is 2.67. The number of halogens is 1. The monoisotopic (exact) mass is 366 g/mol. The lowest BCUT2D eigenvalue weighted by molar-refractivity contribution is -0.144. The summed E-state index contributed by atoms with van der Waals surface area (Å²) < 4.78 is 0.786. The van der Waals surface area contributed by atoms with Crippen molar-refractivity contribution < 1.29 is 19.5 Å². The average Bonchev–Trinajstić information content (AvgIpc) is 3.16. The lowest BCUT2D eigenvalue weighted by Crippen LogP contribution is -2.47. The number of hydrogen-bond acceptors (Lipinski definition) is 3. The maximum Gasteiger partial charge on any atom is 0.329 e. The summed E-state index contributed by atoms with van der Waals surface area (Å²) in [6.07, 6.45) is 1.23. The number of anilines is 1. The number of amides is 2. The summed E-state index contributed by atoms with van der Waals surface area (Å²) in [5.41, 5.74) is -0.430. The number of rotatable bonds is 4. The van der Waals surface area contributed by atoms with Crippen LogP contribution < -0.4 is 10.2 Å². The van der Waals surface area contributed by atoms with Gasteiger partial charge in [-0.25, -0.2) is 4.79 Å². The van der Waals surface area contributed by atoms with Gasteiger partial charge in [-0.3, -0.25) is 9.59 Å². The molecule has 116 valence electrons. The quantitative estimate of drug-likeness (QED) is 0.791. The van der Waals surface area contributed by atoms with Crippen LogP contribution in [0.2, 0.25) is 0 Å². The molecule has 0 spiro atoms. The molecule has 2 amide bonds. The Morgan fingerprint density at radius 3 is 2.59 bits per heavy atom. The molecular weight excluding hydrogens is 352 g/mol. The van der Waals surface area contributed by atoms with Crippen molar-refractivity contribution in [1.82, 2.24) is 5.32 Å². The van der Waals surface area contributed by atoms with E-state index in [1.54, 1.807) is 4.90 Å². The summed E-state index contributed by atoms with van der Waals surface area (Å²) in [6, 6.07) is 7.31. The second-order valence-electron chi connectivity index (χ2n) is 5.66. The van der Waals surface area contributed by atoms with Crippen LogP contribution in [0, 0.1) is 5.92 Å². The zero-order chi connectivity index (χ0) is 15.9. The molecule has 1 atom stereocenters. The molecule has 1 aliphatic carbocycles. The van der Waals surface area contributed by atoms with Gasteiger partial charge in [0.05, 0.1) is 5.69 Å². The predicted molar refractivity (Wildman–Crippen MR) is 82.3 cm³/mol. The zero-order valence-electron chi connectivity index (χ0n) is 11.7. The van der Waals surface area contributed by atoms with E-state index in [-0.39, 0.29) is 5.91 Å². The molecule has 1 saturated carbocycles. The molecule has 1 aromatic carbocycles. The van der Waals surface area contributed by atoms with Crippen LogP contribution in [0.1, 0.15) is 19.3 Å². The highest BCUT2D eigenvalue weighted by molar-refractivity contribution is 9.10. The highest BCUT2D eigenvalue weighted by atomic mass is 79.9. The average molecular weight is 367 g/mol. The minimum absolute atomic E-state index is 0.286. The molecule has 2 fully saturated rings. The number of carbonyl (C=O) groups is 3. The molecule has 22 heavy (non-hydrogen) atoms. The van der Waals surface area contributed by atoms with Gasteiger partial charge in [0.2, 0.25) is 11.8 Å². The number of para-hydroxylation sites is 1. The minimum Gasteiger partial charge on any atom is -0.480 e. The lowest BCUT2D eigenvalue weighted by Gasteiger charge is -2.19. The molecule has 1 aliphatic heterocycles. The number of nitrogens with zero attached hydrogens (tertiary/aromatic N) is 1. The first-order chi connectivity index (χ1) is 10.4. The van der Waals surface area contributed by atoms with E-state index in [9.17, 15) is 14.4 Å².